The van der Waals surface area contributed by atoms with Gasteiger partial charge in [-0.25, -0.2) is 0 Å². The Morgan fingerprint density at radius 1 is 1.75 bits per heavy atom. The minimum absolute atomic E-state index is 0.208. The van der Waals surface area contributed by atoms with Crippen LogP contribution in [0.3, 0.4) is 0 Å². The summed E-state index contributed by atoms with van der Waals surface area (Å²) in [5.41, 5.74) is 0. The molecule has 1 N–H and O–H groups in total. The van der Waals surface area contributed by atoms with Crippen molar-refractivity contribution in [1.29, 1.82) is 5.41 Å². The fraction of sp³-hybridized carbons (Fsp3) is 0.400. The van der Waals surface area contributed by atoms with Gasteiger partial charge in [-0.2, -0.15) is 0 Å². The van der Waals surface area contributed by atoms with Crippen molar-refractivity contribution in [2.24, 2.45) is 0 Å². The summed E-state index contributed by atoms with van der Waals surface area (Å²) in [6, 6.07) is 0. The van der Waals surface area contributed by atoms with Crippen molar-refractivity contribution in [2.75, 3.05) is 14.1 Å². The van der Waals surface area contributed by atoms with E-state index in [0.29, 0.717) is 0 Å². The van der Waals surface area contributed by atoms with Crippen molar-refractivity contribution in [3.63, 3.8) is 0 Å². The Hall–Kier alpha value is -1.08. The number of nitrogens with zero attached hydrogens (tertiary/aromatic N) is 1. The number of likely N-dealkylation sites (N-methyl/N-ethyl adjacent to an activating group) is 1. The predicted molar refractivity (Wildman–Crippen MR) is 31.0 cm³/mol. The van der Waals surface area contributed by atoms with Crippen molar-refractivity contribution in [3.05, 3.63) is 6.08 Å². The Kier molecular flexibility index (Phi) is 2.59. The molecule has 0 fully saturated rings. The molecule has 8 heavy (non-hydrogen) atoms. The summed E-state index contributed by atoms with van der Waals surface area (Å²) in [6.07, 6.45) is 1.07. The van der Waals surface area contributed by atoms with Gasteiger partial charge in [0.1, 0.15) is 0 Å². The Morgan fingerprint density at radius 3 is 2.38 bits per heavy atom. The third kappa shape index (κ3) is 2.16. The molecule has 0 saturated heterocycles. The lowest BCUT2D eigenvalue weighted by Gasteiger charge is -2.02. The molecule has 0 unspecified atom stereocenters. The number of carbonyl (C=O) groups excluding carboxylic acids is 1. The largest absolute Gasteiger partial charge is 0.345 e. The molecule has 0 aliphatic heterocycles. The monoisotopic (exact) mass is 112 g/mol. The van der Waals surface area contributed by atoms with Crippen LogP contribution in [0.1, 0.15) is 0 Å². The lowest BCUT2D eigenvalue weighted by Crippen LogP contribution is -2.18. The molecule has 0 aromatic carbocycles. The van der Waals surface area contributed by atoms with E-state index in [0.717, 1.165) is 6.08 Å². The summed E-state index contributed by atoms with van der Waals surface area (Å²) in [5, 5.41) is 6.37. The highest BCUT2D eigenvalue weighted by Gasteiger charge is 1.93. The molecule has 0 aliphatic carbocycles. The second-order valence-electron chi connectivity index (χ2n) is 1.52. The van der Waals surface area contributed by atoms with Gasteiger partial charge in [-0.05, 0) is 5.87 Å². The Labute approximate surface area is 48.1 Å². The number of carbonyl (C=O) groups is 1. The lowest BCUT2D eigenvalue weighted by molar-refractivity contribution is -0.123. The van der Waals surface area contributed by atoms with E-state index in [1.807, 2.05) is 5.87 Å². The van der Waals surface area contributed by atoms with E-state index in [9.17, 15) is 4.79 Å². The van der Waals surface area contributed by atoms with Crippen molar-refractivity contribution >= 4 is 11.8 Å². The standard InChI is InChI=1S/C5H8N2O/c1-7(2)5(8)3-4-6/h3,6H,1-2H3. The van der Waals surface area contributed by atoms with E-state index in [4.69, 9.17) is 5.41 Å². The summed E-state index contributed by atoms with van der Waals surface area (Å²) in [5.74, 6) is 1.67. The predicted octanol–water partition coefficient (Wildman–Crippen LogP) is -0.121. The first-order valence-electron chi connectivity index (χ1n) is 2.15. The van der Waals surface area contributed by atoms with Crippen LogP contribution >= 0.6 is 0 Å². The minimum atomic E-state index is -0.208. The summed E-state index contributed by atoms with van der Waals surface area (Å²) < 4.78 is 0. The van der Waals surface area contributed by atoms with Crippen LogP contribution in [-0.2, 0) is 4.79 Å². The summed E-state index contributed by atoms with van der Waals surface area (Å²) in [4.78, 5) is 11.8. The van der Waals surface area contributed by atoms with E-state index in [-0.39, 0.29) is 5.91 Å². The van der Waals surface area contributed by atoms with Gasteiger partial charge in [-0.1, -0.05) is 0 Å². The average molecular weight is 112 g/mol. The maximum Gasteiger partial charge on any atom is 0.255 e. The van der Waals surface area contributed by atoms with Crippen LogP contribution in [0.2, 0.25) is 0 Å². The fourth-order valence-electron chi connectivity index (χ4n) is 0.191. The van der Waals surface area contributed by atoms with Crippen molar-refractivity contribution in [2.45, 2.75) is 0 Å². The van der Waals surface area contributed by atoms with Gasteiger partial charge < -0.3 is 4.90 Å². The van der Waals surface area contributed by atoms with Crippen LogP contribution in [0.5, 0.6) is 0 Å². The van der Waals surface area contributed by atoms with Gasteiger partial charge in [0.2, 0.25) is 0 Å². The topological polar surface area (TPSA) is 44.2 Å². The fourth-order valence-corrected chi connectivity index (χ4v) is 0.191. The van der Waals surface area contributed by atoms with Gasteiger partial charge in [0.15, 0.2) is 0 Å². The van der Waals surface area contributed by atoms with Crippen LogP contribution in [0.4, 0.5) is 0 Å². The molecule has 0 aliphatic rings. The molecule has 0 rings (SSSR count). The lowest BCUT2D eigenvalue weighted by atomic mass is 10.5. The van der Waals surface area contributed by atoms with Gasteiger partial charge in [-0.3, -0.25) is 10.2 Å². The maximum absolute atomic E-state index is 10.4. The molecular formula is C5H8N2O. The number of nitrogens with one attached hydrogen (secondary N) is 1. The molecule has 0 aromatic heterocycles. The molecule has 0 saturated carbocycles. The average Bonchev–Trinajstić information content (AvgIpc) is 1.67. The first-order valence-corrected chi connectivity index (χ1v) is 2.15. The van der Waals surface area contributed by atoms with Crippen molar-refractivity contribution < 1.29 is 4.79 Å². The van der Waals surface area contributed by atoms with Gasteiger partial charge in [0, 0.05) is 14.1 Å². The highest BCUT2D eigenvalue weighted by atomic mass is 16.2. The minimum Gasteiger partial charge on any atom is -0.345 e. The van der Waals surface area contributed by atoms with E-state index >= 15 is 0 Å². The van der Waals surface area contributed by atoms with E-state index < -0.39 is 0 Å². The second kappa shape index (κ2) is 2.99. The molecule has 3 nitrogen and oxygen atoms in total. The van der Waals surface area contributed by atoms with Crippen LogP contribution in [0, 0.1) is 5.41 Å². The first kappa shape index (κ1) is 6.92. The van der Waals surface area contributed by atoms with Crippen LogP contribution in [0.25, 0.3) is 0 Å². The zero-order valence-electron chi connectivity index (χ0n) is 4.93. The molecule has 0 aromatic rings. The van der Waals surface area contributed by atoms with Crippen LogP contribution in [-0.4, -0.2) is 30.8 Å². The number of hydrogen-bond acceptors (Lipinski definition) is 2. The highest BCUT2D eigenvalue weighted by Crippen LogP contribution is 1.74. The SMILES string of the molecule is CN(C)C(=O)C=C=N. The van der Waals surface area contributed by atoms with Gasteiger partial charge in [-0.15, -0.1) is 0 Å². The van der Waals surface area contributed by atoms with E-state index in [2.05, 4.69) is 0 Å². The molecule has 44 valence electrons. The molecule has 0 radical (unpaired) electrons. The third-order valence-electron chi connectivity index (χ3n) is 0.636. The maximum atomic E-state index is 10.4. The molecule has 3 heteroatoms. The van der Waals surface area contributed by atoms with Crippen LogP contribution in [0.15, 0.2) is 6.08 Å². The summed E-state index contributed by atoms with van der Waals surface area (Å²) in [7, 11) is 3.24. The Morgan fingerprint density at radius 2 is 2.25 bits per heavy atom. The number of hydrogen-bond donors (Lipinski definition) is 1. The number of amides is 1. The molecular weight excluding hydrogens is 104 g/mol. The van der Waals surface area contributed by atoms with Crippen LogP contribution < -0.4 is 0 Å². The Balaban J connectivity index is 3.84. The molecule has 0 heterocycles. The quantitative estimate of drug-likeness (QED) is 0.373. The summed E-state index contributed by atoms with van der Waals surface area (Å²) in [6.45, 7) is 0. The van der Waals surface area contributed by atoms with Gasteiger partial charge in [0.25, 0.3) is 5.91 Å². The number of rotatable bonds is 1. The molecule has 0 spiro atoms. The van der Waals surface area contributed by atoms with Gasteiger partial charge in [0.05, 0.1) is 6.08 Å². The zero-order chi connectivity index (χ0) is 6.57. The smallest absolute Gasteiger partial charge is 0.255 e. The first-order chi connectivity index (χ1) is 3.68. The molecule has 0 bridgehead atoms. The van der Waals surface area contributed by atoms with E-state index in [1.54, 1.807) is 14.1 Å². The molecule has 0 atom stereocenters. The van der Waals surface area contributed by atoms with Crippen molar-refractivity contribution in [3.8, 4) is 0 Å². The highest BCUT2D eigenvalue weighted by molar-refractivity contribution is 5.94. The molecule has 1 amide bonds. The van der Waals surface area contributed by atoms with Gasteiger partial charge >= 0.3 is 0 Å². The normalized spacial score (nSPS) is 7.25. The third-order valence-corrected chi connectivity index (χ3v) is 0.636. The Bertz CT molecular complexity index is 133. The van der Waals surface area contributed by atoms with E-state index in [1.165, 1.54) is 4.90 Å². The second-order valence-corrected chi connectivity index (χ2v) is 1.52. The zero-order valence-corrected chi connectivity index (χ0v) is 4.93. The van der Waals surface area contributed by atoms with Crippen molar-refractivity contribution in [1.82, 2.24) is 4.90 Å². The summed E-state index contributed by atoms with van der Waals surface area (Å²) >= 11 is 0.